The summed E-state index contributed by atoms with van der Waals surface area (Å²) in [5.41, 5.74) is 3.57. The number of hydrogen-bond acceptors (Lipinski definition) is 3. The molecule has 0 aliphatic rings. The topological polar surface area (TPSA) is 47.7 Å². The summed E-state index contributed by atoms with van der Waals surface area (Å²) in [6, 6.07) is 2.58. The van der Waals surface area contributed by atoms with Crippen molar-refractivity contribution in [1.82, 2.24) is 24.6 Å². The Hall–Kier alpha value is -1.62. The second-order valence-electron chi connectivity index (χ2n) is 5.57. The van der Waals surface area contributed by atoms with Crippen molar-refractivity contribution in [3.05, 3.63) is 35.7 Å². The third-order valence-electron chi connectivity index (χ3n) is 3.44. The van der Waals surface area contributed by atoms with Gasteiger partial charge in [0.05, 0.1) is 17.7 Å². The highest BCUT2D eigenvalue weighted by Crippen LogP contribution is 2.08. The number of aromatic nitrogens is 4. The highest BCUT2D eigenvalue weighted by atomic mass is 15.3. The molecule has 0 spiro atoms. The van der Waals surface area contributed by atoms with Crippen molar-refractivity contribution < 1.29 is 0 Å². The fraction of sp³-hybridized carbons (Fsp3) is 0.600. The highest BCUT2D eigenvalue weighted by molar-refractivity contribution is 5.06. The van der Waals surface area contributed by atoms with Crippen LogP contribution >= 0.6 is 0 Å². The molecule has 2 aromatic rings. The van der Waals surface area contributed by atoms with Gasteiger partial charge < -0.3 is 9.88 Å². The van der Waals surface area contributed by atoms with E-state index in [1.54, 1.807) is 0 Å². The van der Waals surface area contributed by atoms with E-state index >= 15 is 0 Å². The Morgan fingerprint density at radius 2 is 2.10 bits per heavy atom. The largest absolute Gasteiger partial charge is 0.331 e. The molecule has 0 radical (unpaired) electrons. The zero-order valence-corrected chi connectivity index (χ0v) is 12.9. The summed E-state index contributed by atoms with van der Waals surface area (Å²) in [7, 11) is 0. The summed E-state index contributed by atoms with van der Waals surface area (Å²) in [4.78, 5) is 4.21. The lowest BCUT2D eigenvalue weighted by atomic mass is 10.3. The van der Waals surface area contributed by atoms with Gasteiger partial charge in [-0.1, -0.05) is 0 Å². The van der Waals surface area contributed by atoms with Crippen molar-refractivity contribution >= 4 is 0 Å². The van der Waals surface area contributed by atoms with Gasteiger partial charge in [-0.25, -0.2) is 4.98 Å². The summed E-state index contributed by atoms with van der Waals surface area (Å²) < 4.78 is 4.28. The molecule has 1 N–H and O–H groups in total. The summed E-state index contributed by atoms with van der Waals surface area (Å²) in [6.45, 7) is 11.3. The number of nitrogens with one attached hydrogen (secondary N) is 1. The van der Waals surface area contributed by atoms with Gasteiger partial charge in [0.2, 0.25) is 0 Å². The van der Waals surface area contributed by atoms with E-state index in [0.717, 1.165) is 31.7 Å². The molecule has 0 atom stereocenters. The summed E-state index contributed by atoms with van der Waals surface area (Å²) in [5, 5.41) is 7.95. The van der Waals surface area contributed by atoms with E-state index in [1.165, 1.54) is 11.4 Å². The van der Waals surface area contributed by atoms with E-state index in [0.29, 0.717) is 6.04 Å². The van der Waals surface area contributed by atoms with Crippen LogP contribution in [0.4, 0.5) is 0 Å². The van der Waals surface area contributed by atoms with Gasteiger partial charge in [0, 0.05) is 31.0 Å². The monoisotopic (exact) mass is 275 g/mol. The number of aryl methyl sites for hydroxylation is 3. The van der Waals surface area contributed by atoms with Crippen molar-refractivity contribution in [3.8, 4) is 0 Å². The maximum absolute atomic E-state index is 4.47. The smallest absolute Gasteiger partial charge is 0.0951 e. The van der Waals surface area contributed by atoms with Crippen LogP contribution in [0.25, 0.3) is 0 Å². The van der Waals surface area contributed by atoms with Crippen LogP contribution in [0, 0.1) is 13.8 Å². The maximum atomic E-state index is 4.47. The molecular weight excluding hydrogens is 250 g/mol. The van der Waals surface area contributed by atoms with Crippen molar-refractivity contribution in [2.45, 2.75) is 53.2 Å². The Balaban J connectivity index is 1.71. The molecule has 5 nitrogen and oxygen atoms in total. The van der Waals surface area contributed by atoms with Crippen LogP contribution < -0.4 is 5.32 Å². The Bertz CT molecular complexity index is 538. The molecule has 0 aromatic carbocycles. The molecule has 2 rings (SSSR count). The minimum Gasteiger partial charge on any atom is -0.331 e. The Labute approximate surface area is 121 Å². The molecule has 20 heavy (non-hydrogen) atoms. The number of imidazole rings is 1. The fourth-order valence-electron chi connectivity index (χ4n) is 2.41. The van der Waals surface area contributed by atoms with Gasteiger partial charge >= 0.3 is 0 Å². The Kier molecular flexibility index (Phi) is 4.95. The van der Waals surface area contributed by atoms with Gasteiger partial charge in [-0.15, -0.1) is 0 Å². The molecule has 0 unspecified atom stereocenters. The minimum atomic E-state index is 0.462. The van der Waals surface area contributed by atoms with E-state index < -0.39 is 0 Å². The van der Waals surface area contributed by atoms with Gasteiger partial charge in [-0.3, -0.25) is 4.68 Å². The van der Waals surface area contributed by atoms with Crippen LogP contribution in [0.3, 0.4) is 0 Å². The first kappa shape index (κ1) is 14.8. The summed E-state index contributed by atoms with van der Waals surface area (Å²) >= 11 is 0. The number of hydrogen-bond donors (Lipinski definition) is 1. The molecule has 0 bridgehead atoms. The molecule has 0 saturated carbocycles. The quantitative estimate of drug-likeness (QED) is 0.790. The van der Waals surface area contributed by atoms with Crippen LogP contribution in [-0.4, -0.2) is 25.9 Å². The average molecular weight is 275 g/mol. The maximum Gasteiger partial charge on any atom is 0.0951 e. The van der Waals surface area contributed by atoms with Crippen molar-refractivity contribution in [2.24, 2.45) is 0 Å². The molecule has 2 heterocycles. The van der Waals surface area contributed by atoms with E-state index in [9.17, 15) is 0 Å². The van der Waals surface area contributed by atoms with Crippen molar-refractivity contribution in [2.75, 3.05) is 6.54 Å². The first-order valence-electron chi connectivity index (χ1n) is 7.30. The van der Waals surface area contributed by atoms with E-state index in [-0.39, 0.29) is 0 Å². The zero-order valence-electron chi connectivity index (χ0n) is 12.9. The van der Waals surface area contributed by atoms with Gasteiger partial charge in [0.15, 0.2) is 0 Å². The molecule has 0 aliphatic heterocycles. The molecule has 2 aromatic heterocycles. The van der Waals surface area contributed by atoms with Crippen molar-refractivity contribution in [3.63, 3.8) is 0 Å². The first-order valence-corrected chi connectivity index (χ1v) is 7.30. The van der Waals surface area contributed by atoms with Gasteiger partial charge in [-0.2, -0.15) is 5.10 Å². The summed E-state index contributed by atoms with van der Waals surface area (Å²) in [5.74, 6) is 0. The van der Waals surface area contributed by atoms with Gasteiger partial charge in [-0.05, 0) is 46.7 Å². The predicted molar refractivity (Wildman–Crippen MR) is 80.6 cm³/mol. The molecule has 0 fully saturated rings. The van der Waals surface area contributed by atoms with E-state index in [2.05, 4.69) is 51.5 Å². The fourth-order valence-corrected chi connectivity index (χ4v) is 2.41. The molecule has 110 valence electrons. The van der Waals surface area contributed by atoms with Crippen LogP contribution in [0.5, 0.6) is 0 Å². The second kappa shape index (κ2) is 6.70. The van der Waals surface area contributed by atoms with E-state index in [4.69, 9.17) is 0 Å². The van der Waals surface area contributed by atoms with Gasteiger partial charge in [0.25, 0.3) is 0 Å². The molecule has 5 heteroatoms. The highest BCUT2D eigenvalue weighted by Gasteiger charge is 2.04. The lowest BCUT2D eigenvalue weighted by Crippen LogP contribution is -2.19. The van der Waals surface area contributed by atoms with Crippen LogP contribution in [0.2, 0.25) is 0 Å². The SMILES string of the molecule is Cc1cc(C)n(CCCNCc2cncn2C(C)C)n1. The standard InChI is InChI=1S/C15H25N5/c1-12(2)19-11-17-10-15(19)9-16-6-5-7-20-14(4)8-13(3)18-20/h8,10-12,16H,5-7,9H2,1-4H3. The first-order chi connectivity index (χ1) is 9.58. The molecule has 0 amide bonds. The lowest BCUT2D eigenvalue weighted by Gasteiger charge is -2.12. The minimum absolute atomic E-state index is 0.462. The lowest BCUT2D eigenvalue weighted by molar-refractivity contribution is 0.514. The number of rotatable bonds is 7. The average Bonchev–Trinajstić information content (AvgIpc) is 2.96. The summed E-state index contributed by atoms with van der Waals surface area (Å²) in [6.07, 6.45) is 4.92. The van der Waals surface area contributed by atoms with Crippen LogP contribution in [0.1, 0.15) is 43.4 Å². The second-order valence-corrected chi connectivity index (χ2v) is 5.57. The Morgan fingerprint density at radius 3 is 2.75 bits per heavy atom. The van der Waals surface area contributed by atoms with Crippen LogP contribution in [-0.2, 0) is 13.1 Å². The van der Waals surface area contributed by atoms with Gasteiger partial charge in [0.1, 0.15) is 0 Å². The molecule has 0 aliphatic carbocycles. The predicted octanol–water partition coefficient (Wildman–Crippen LogP) is 2.46. The Morgan fingerprint density at radius 1 is 1.30 bits per heavy atom. The van der Waals surface area contributed by atoms with Crippen LogP contribution in [0.15, 0.2) is 18.6 Å². The third kappa shape index (κ3) is 3.70. The molecule has 0 saturated heterocycles. The third-order valence-corrected chi connectivity index (χ3v) is 3.44. The van der Waals surface area contributed by atoms with Crippen molar-refractivity contribution in [1.29, 1.82) is 0 Å². The van der Waals surface area contributed by atoms with E-state index in [1.807, 2.05) is 19.4 Å². The number of nitrogens with zero attached hydrogens (tertiary/aromatic N) is 4. The normalized spacial score (nSPS) is 11.4. The zero-order chi connectivity index (χ0) is 14.5. The molecular formula is C15H25N5.